The standard InChI is InChI=1S/C22H25ClN2O6S/c1-29-20-6-4-18(13-21(20)30-2)32(27,28)25-9-7-24(8-10-25)22(26)16-11-15-12-17(23)3-5-19(15)31-14-16/h3-6,12-13,16H,7-11,14H2,1-2H3/t16-/m1/s1. The molecule has 0 N–H and O–H groups in total. The highest BCUT2D eigenvalue weighted by Crippen LogP contribution is 2.32. The van der Waals surface area contributed by atoms with Crippen LogP contribution in [0.5, 0.6) is 17.2 Å². The van der Waals surface area contributed by atoms with Crippen molar-refractivity contribution >= 4 is 27.5 Å². The van der Waals surface area contributed by atoms with E-state index in [1.807, 2.05) is 12.1 Å². The first-order valence-electron chi connectivity index (χ1n) is 10.3. The first-order chi connectivity index (χ1) is 15.3. The molecule has 32 heavy (non-hydrogen) atoms. The molecule has 2 aliphatic rings. The topological polar surface area (TPSA) is 85.4 Å². The molecule has 2 aliphatic heterocycles. The van der Waals surface area contributed by atoms with Gasteiger partial charge in [-0.3, -0.25) is 4.79 Å². The number of nitrogens with zero attached hydrogens (tertiary/aromatic N) is 2. The second-order valence-corrected chi connectivity index (χ2v) is 10.1. The maximum Gasteiger partial charge on any atom is 0.243 e. The number of ether oxygens (including phenoxy) is 3. The molecule has 172 valence electrons. The number of sulfonamides is 1. The van der Waals surface area contributed by atoms with E-state index >= 15 is 0 Å². The Balaban J connectivity index is 1.41. The molecule has 2 aromatic carbocycles. The predicted octanol–water partition coefficient (Wildman–Crippen LogP) is 2.44. The fraction of sp³-hybridized carbons (Fsp3) is 0.409. The minimum atomic E-state index is -3.72. The van der Waals surface area contributed by atoms with Gasteiger partial charge >= 0.3 is 0 Å². The van der Waals surface area contributed by atoms with Crippen molar-refractivity contribution in [3.63, 3.8) is 0 Å². The molecule has 0 unspecified atom stereocenters. The summed E-state index contributed by atoms with van der Waals surface area (Å²) in [5.41, 5.74) is 0.914. The maximum absolute atomic E-state index is 13.1. The third-order valence-corrected chi connectivity index (χ3v) is 7.95. The molecule has 0 aliphatic carbocycles. The number of rotatable bonds is 5. The van der Waals surface area contributed by atoms with Gasteiger partial charge in [0.05, 0.1) is 25.0 Å². The number of hydrogen-bond acceptors (Lipinski definition) is 6. The molecule has 0 saturated carbocycles. The Morgan fingerprint density at radius 2 is 1.75 bits per heavy atom. The van der Waals surface area contributed by atoms with Gasteiger partial charge in [-0.1, -0.05) is 11.6 Å². The summed E-state index contributed by atoms with van der Waals surface area (Å²) in [5.74, 6) is 1.22. The Bertz CT molecular complexity index is 1120. The van der Waals surface area contributed by atoms with Crippen LogP contribution in [0.25, 0.3) is 0 Å². The molecule has 4 rings (SSSR count). The van der Waals surface area contributed by atoms with E-state index in [1.165, 1.54) is 30.7 Å². The van der Waals surface area contributed by atoms with Crippen LogP contribution in [0.1, 0.15) is 5.56 Å². The summed E-state index contributed by atoms with van der Waals surface area (Å²) < 4.78 is 43.7. The van der Waals surface area contributed by atoms with Gasteiger partial charge in [0.25, 0.3) is 0 Å². The van der Waals surface area contributed by atoms with Crippen molar-refractivity contribution < 1.29 is 27.4 Å². The number of piperazine rings is 1. The first kappa shape index (κ1) is 22.7. The number of carbonyl (C=O) groups excluding carboxylic acids is 1. The van der Waals surface area contributed by atoms with Gasteiger partial charge in [0, 0.05) is 37.3 Å². The SMILES string of the molecule is COc1ccc(S(=O)(=O)N2CCN(C(=O)[C@H]3COc4ccc(Cl)cc4C3)CC2)cc1OC. The van der Waals surface area contributed by atoms with E-state index in [-0.39, 0.29) is 29.8 Å². The number of benzene rings is 2. The van der Waals surface area contributed by atoms with Crippen molar-refractivity contribution in [3.8, 4) is 17.2 Å². The largest absolute Gasteiger partial charge is 0.493 e. The summed E-state index contributed by atoms with van der Waals surface area (Å²) in [4.78, 5) is 14.9. The maximum atomic E-state index is 13.1. The monoisotopic (exact) mass is 480 g/mol. The second kappa shape index (κ2) is 9.17. The average molecular weight is 481 g/mol. The minimum absolute atomic E-state index is 0.0289. The molecule has 1 fully saturated rings. The highest BCUT2D eigenvalue weighted by atomic mass is 35.5. The molecule has 2 aromatic rings. The van der Waals surface area contributed by atoms with Crippen LogP contribution in [-0.4, -0.2) is 70.5 Å². The predicted molar refractivity (Wildman–Crippen MR) is 119 cm³/mol. The number of hydrogen-bond donors (Lipinski definition) is 0. The van der Waals surface area contributed by atoms with Crippen molar-refractivity contribution in [1.29, 1.82) is 0 Å². The van der Waals surface area contributed by atoms with Crippen molar-refractivity contribution in [2.24, 2.45) is 5.92 Å². The molecule has 10 heteroatoms. The van der Waals surface area contributed by atoms with E-state index in [0.29, 0.717) is 42.6 Å². The van der Waals surface area contributed by atoms with Crippen LogP contribution in [0.4, 0.5) is 0 Å². The molecule has 0 radical (unpaired) electrons. The van der Waals surface area contributed by atoms with Crippen molar-refractivity contribution in [1.82, 2.24) is 9.21 Å². The van der Waals surface area contributed by atoms with Crippen molar-refractivity contribution in [2.45, 2.75) is 11.3 Å². The summed E-state index contributed by atoms with van der Waals surface area (Å²) in [5, 5.41) is 0.606. The summed E-state index contributed by atoms with van der Waals surface area (Å²) in [6, 6.07) is 9.92. The fourth-order valence-corrected chi connectivity index (χ4v) is 5.69. The van der Waals surface area contributed by atoms with Crippen molar-refractivity contribution in [2.75, 3.05) is 47.0 Å². The molecule has 1 saturated heterocycles. The summed E-state index contributed by atoms with van der Waals surface area (Å²) in [7, 11) is -0.767. The molecular weight excluding hydrogens is 456 g/mol. The van der Waals surface area contributed by atoms with Crippen molar-refractivity contribution in [3.05, 3.63) is 47.0 Å². The summed E-state index contributed by atoms with van der Waals surface area (Å²) >= 11 is 6.07. The van der Waals surface area contributed by atoms with Gasteiger partial charge in [-0.25, -0.2) is 8.42 Å². The quantitative estimate of drug-likeness (QED) is 0.653. The molecule has 2 heterocycles. The second-order valence-electron chi connectivity index (χ2n) is 7.71. The van der Waals surface area contributed by atoms with Crippen LogP contribution < -0.4 is 14.2 Å². The molecule has 0 bridgehead atoms. The van der Waals surface area contributed by atoms with Crippen LogP contribution >= 0.6 is 11.6 Å². The molecule has 1 atom stereocenters. The average Bonchev–Trinajstić information content (AvgIpc) is 2.82. The Hall–Kier alpha value is -2.49. The van der Waals surface area contributed by atoms with Gasteiger partial charge in [-0.05, 0) is 42.3 Å². The van der Waals surface area contributed by atoms with E-state index in [4.69, 9.17) is 25.8 Å². The van der Waals surface area contributed by atoms with E-state index in [1.54, 1.807) is 17.0 Å². The summed E-state index contributed by atoms with van der Waals surface area (Å²) in [6.07, 6.45) is 0.554. The lowest BCUT2D eigenvalue weighted by Crippen LogP contribution is -2.52. The van der Waals surface area contributed by atoms with Gasteiger partial charge in [0.2, 0.25) is 15.9 Å². The number of halogens is 1. The van der Waals surface area contributed by atoms with E-state index < -0.39 is 10.0 Å². The highest BCUT2D eigenvalue weighted by Gasteiger charge is 2.34. The van der Waals surface area contributed by atoms with E-state index in [2.05, 4.69) is 0 Å². The van der Waals surface area contributed by atoms with Crippen LogP contribution in [-0.2, 0) is 21.2 Å². The van der Waals surface area contributed by atoms with Gasteiger partial charge in [-0.2, -0.15) is 4.31 Å². The number of amides is 1. The molecule has 8 nitrogen and oxygen atoms in total. The lowest BCUT2D eigenvalue weighted by molar-refractivity contribution is -0.138. The molecular formula is C22H25ClN2O6S. The van der Waals surface area contributed by atoms with Crippen LogP contribution in [0.15, 0.2) is 41.3 Å². The zero-order chi connectivity index (χ0) is 22.9. The Morgan fingerprint density at radius 3 is 2.44 bits per heavy atom. The normalized spacial score (nSPS) is 19.1. The molecule has 0 aromatic heterocycles. The lowest BCUT2D eigenvalue weighted by Gasteiger charge is -2.36. The Labute approximate surface area is 192 Å². The number of methoxy groups -OCH3 is 2. The van der Waals surface area contributed by atoms with Gasteiger partial charge in [0.15, 0.2) is 11.5 Å². The summed E-state index contributed by atoms with van der Waals surface area (Å²) in [6.45, 7) is 1.39. The fourth-order valence-electron chi connectivity index (χ4n) is 4.05. The van der Waals surface area contributed by atoms with Gasteiger partial charge in [0.1, 0.15) is 12.4 Å². The molecule has 1 amide bonds. The number of fused-ring (bicyclic) bond motifs is 1. The Kier molecular flexibility index (Phi) is 6.50. The Morgan fingerprint density at radius 1 is 1.03 bits per heavy atom. The first-order valence-corrected chi connectivity index (χ1v) is 12.1. The van der Waals surface area contributed by atoms with Crippen LogP contribution in [0.3, 0.4) is 0 Å². The number of carbonyl (C=O) groups is 1. The highest BCUT2D eigenvalue weighted by molar-refractivity contribution is 7.89. The van der Waals surface area contributed by atoms with Crippen LogP contribution in [0, 0.1) is 5.92 Å². The third-order valence-electron chi connectivity index (χ3n) is 5.82. The van der Waals surface area contributed by atoms with Gasteiger partial charge in [-0.15, -0.1) is 0 Å². The minimum Gasteiger partial charge on any atom is -0.493 e. The van der Waals surface area contributed by atoms with Gasteiger partial charge < -0.3 is 19.1 Å². The molecule has 0 spiro atoms. The lowest BCUT2D eigenvalue weighted by atomic mass is 9.95. The zero-order valence-corrected chi connectivity index (χ0v) is 19.5. The van der Waals surface area contributed by atoms with E-state index in [0.717, 1.165) is 11.3 Å². The smallest absolute Gasteiger partial charge is 0.243 e. The zero-order valence-electron chi connectivity index (χ0n) is 17.9. The van der Waals surface area contributed by atoms with E-state index in [9.17, 15) is 13.2 Å². The third kappa shape index (κ3) is 4.37. The van der Waals surface area contributed by atoms with Crippen LogP contribution in [0.2, 0.25) is 5.02 Å².